The predicted octanol–water partition coefficient (Wildman–Crippen LogP) is 7.47. The fourth-order valence-electron chi connectivity index (χ4n) is 5.24. The third-order valence-electron chi connectivity index (χ3n) is 7.07. The van der Waals surface area contributed by atoms with Gasteiger partial charge in [-0.25, -0.2) is 0 Å². The molecule has 2 N–H and O–H groups in total. The van der Waals surface area contributed by atoms with Crippen molar-refractivity contribution in [3.8, 4) is 17.2 Å². The molecule has 1 heterocycles. The zero-order valence-electron chi connectivity index (χ0n) is 20.6. The van der Waals surface area contributed by atoms with Crippen LogP contribution in [0.1, 0.15) is 35.9 Å². The Labute approximate surface area is 216 Å². The first-order chi connectivity index (χ1) is 18.2. The molecule has 1 aliphatic heterocycles. The number of fused-ring (bicyclic) bond motifs is 1. The zero-order chi connectivity index (χ0) is 25.2. The lowest BCUT2D eigenvalue weighted by Gasteiger charge is -2.30. The number of hydrogen-bond donors (Lipinski definition) is 2. The second-order valence-corrected chi connectivity index (χ2v) is 9.43. The molecule has 37 heavy (non-hydrogen) atoms. The molecule has 0 spiro atoms. The summed E-state index contributed by atoms with van der Waals surface area (Å²) in [5, 5.41) is 7.26. The van der Waals surface area contributed by atoms with Crippen LogP contribution in [0, 0.1) is 0 Å². The van der Waals surface area contributed by atoms with E-state index in [0.29, 0.717) is 6.42 Å². The number of nitrogens with one attached hydrogen (secondary N) is 2. The van der Waals surface area contributed by atoms with Crippen molar-refractivity contribution in [3.63, 3.8) is 0 Å². The maximum atomic E-state index is 13.8. The van der Waals surface area contributed by atoms with Crippen LogP contribution in [0.25, 0.3) is 0 Å². The van der Waals surface area contributed by atoms with Gasteiger partial charge in [0.1, 0.15) is 17.2 Å². The van der Waals surface area contributed by atoms with E-state index in [1.54, 1.807) is 7.11 Å². The third-order valence-corrected chi connectivity index (χ3v) is 7.07. The number of anilines is 2. The monoisotopic (exact) mass is 488 g/mol. The van der Waals surface area contributed by atoms with Crippen LogP contribution in [0.4, 0.5) is 11.4 Å². The Hall–Kier alpha value is -4.51. The Kier molecular flexibility index (Phi) is 6.11. The first kappa shape index (κ1) is 22.9. The molecule has 5 heteroatoms. The molecule has 0 aromatic heterocycles. The summed E-state index contributed by atoms with van der Waals surface area (Å²) in [4.78, 5) is 13.8. The average Bonchev–Trinajstić information content (AvgIpc) is 3.11. The molecule has 0 amide bonds. The number of ketones is 1. The maximum absolute atomic E-state index is 13.8. The highest BCUT2D eigenvalue weighted by atomic mass is 16.5. The third kappa shape index (κ3) is 4.68. The molecule has 6 rings (SSSR count). The van der Waals surface area contributed by atoms with Crippen molar-refractivity contribution >= 4 is 17.2 Å². The molecule has 2 atom stereocenters. The number of ether oxygens (including phenoxy) is 2. The van der Waals surface area contributed by atoms with Crippen molar-refractivity contribution in [2.45, 2.75) is 24.8 Å². The van der Waals surface area contributed by atoms with Crippen molar-refractivity contribution in [1.82, 2.24) is 0 Å². The molecule has 0 fully saturated rings. The first-order valence-electron chi connectivity index (χ1n) is 12.5. The number of Topliss-reactive ketones (excluding diaryl/α,β-unsaturated/α-hetero) is 1. The molecule has 184 valence electrons. The van der Waals surface area contributed by atoms with Crippen LogP contribution >= 0.6 is 0 Å². The molecule has 0 saturated heterocycles. The van der Waals surface area contributed by atoms with Gasteiger partial charge in [-0.05, 0) is 72.0 Å². The molecule has 2 aliphatic rings. The van der Waals surface area contributed by atoms with Crippen molar-refractivity contribution < 1.29 is 14.3 Å². The second-order valence-electron chi connectivity index (χ2n) is 9.43. The molecular weight excluding hydrogens is 460 g/mol. The molecule has 4 aromatic rings. The molecule has 1 aliphatic carbocycles. The quantitative estimate of drug-likeness (QED) is 0.305. The van der Waals surface area contributed by atoms with Crippen molar-refractivity contribution in [2.75, 3.05) is 17.7 Å². The largest absolute Gasteiger partial charge is 0.497 e. The number of allylic oxidation sites excluding steroid dienone is 1. The van der Waals surface area contributed by atoms with Crippen molar-refractivity contribution in [2.24, 2.45) is 0 Å². The van der Waals surface area contributed by atoms with Crippen LogP contribution in [0.2, 0.25) is 0 Å². The number of rotatable bonds is 5. The fraction of sp³-hybridized carbons (Fsp3) is 0.156. The van der Waals surface area contributed by atoms with E-state index in [1.165, 1.54) is 0 Å². The topological polar surface area (TPSA) is 59.6 Å². The van der Waals surface area contributed by atoms with E-state index in [9.17, 15) is 4.79 Å². The van der Waals surface area contributed by atoms with E-state index in [-0.39, 0.29) is 17.7 Å². The lowest BCUT2D eigenvalue weighted by Crippen LogP contribution is -2.26. The Morgan fingerprint density at radius 2 is 1.43 bits per heavy atom. The van der Waals surface area contributed by atoms with Crippen molar-refractivity contribution in [3.05, 3.63) is 126 Å². The van der Waals surface area contributed by atoms with Gasteiger partial charge in [0.2, 0.25) is 0 Å². The minimum Gasteiger partial charge on any atom is -0.497 e. The number of carbonyl (C=O) groups excluding carboxylic acids is 1. The predicted molar refractivity (Wildman–Crippen MR) is 146 cm³/mol. The number of carbonyl (C=O) groups is 1. The molecule has 0 unspecified atom stereocenters. The Morgan fingerprint density at radius 1 is 0.703 bits per heavy atom. The van der Waals surface area contributed by atoms with E-state index in [4.69, 9.17) is 9.47 Å². The van der Waals surface area contributed by atoms with E-state index in [2.05, 4.69) is 28.8 Å². The highest BCUT2D eigenvalue weighted by Crippen LogP contribution is 2.44. The summed E-state index contributed by atoms with van der Waals surface area (Å²) in [6.07, 6.45) is 1.21. The van der Waals surface area contributed by atoms with Gasteiger partial charge in [0, 0.05) is 17.7 Å². The minimum absolute atomic E-state index is 0.100. The minimum atomic E-state index is -0.296. The summed E-state index contributed by atoms with van der Waals surface area (Å²) in [6.45, 7) is 0. The standard InChI is InChI=1S/C32H28N2O3/c1-36-24-16-14-21(15-17-24)23-19-29-31(30(35)20-23)32(34-28-13-6-5-12-27(28)33-29)22-8-7-11-26(18-22)37-25-9-3-2-4-10-25/h2-18,23,32-34H,19-20H2,1H3/t23-,32+/m0/s1. The van der Waals surface area contributed by atoms with Crippen LogP contribution in [-0.2, 0) is 4.79 Å². The number of hydrogen-bond acceptors (Lipinski definition) is 5. The van der Waals surface area contributed by atoms with Gasteiger partial charge >= 0.3 is 0 Å². The SMILES string of the molecule is COc1ccc([C@@H]2CC(=O)C3=C(C2)Nc2ccccc2N[C@@H]3c2cccc(Oc3ccccc3)c2)cc1. The van der Waals surface area contributed by atoms with Gasteiger partial charge in [-0.1, -0.05) is 54.6 Å². The fourth-order valence-corrected chi connectivity index (χ4v) is 5.24. The second kappa shape index (κ2) is 9.86. The highest BCUT2D eigenvalue weighted by molar-refractivity contribution is 6.01. The van der Waals surface area contributed by atoms with Gasteiger partial charge in [-0.15, -0.1) is 0 Å². The van der Waals surface area contributed by atoms with Gasteiger partial charge in [-0.2, -0.15) is 0 Å². The molecule has 0 bridgehead atoms. The molecule has 4 aromatic carbocycles. The summed E-state index contributed by atoms with van der Waals surface area (Å²) in [6, 6.07) is 33.6. The summed E-state index contributed by atoms with van der Waals surface area (Å²) in [5.41, 5.74) is 5.81. The van der Waals surface area contributed by atoms with Crippen molar-refractivity contribution in [1.29, 1.82) is 0 Å². The van der Waals surface area contributed by atoms with E-state index in [1.807, 2.05) is 84.9 Å². The summed E-state index contributed by atoms with van der Waals surface area (Å²) < 4.78 is 11.4. The highest BCUT2D eigenvalue weighted by Gasteiger charge is 2.36. The van der Waals surface area contributed by atoms with Gasteiger partial charge in [0.15, 0.2) is 5.78 Å². The first-order valence-corrected chi connectivity index (χ1v) is 12.5. The van der Waals surface area contributed by atoms with Crippen LogP contribution in [0.3, 0.4) is 0 Å². The van der Waals surface area contributed by atoms with Crippen LogP contribution in [-0.4, -0.2) is 12.9 Å². The Morgan fingerprint density at radius 3 is 2.22 bits per heavy atom. The van der Waals surface area contributed by atoms with E-state index >= 15 is 0 Å². The number of para-hydroxylation sites is 3. The zero-order valence-corrected chi connectivity index (χ0v) is 20.6. The van der Waals surface area contributed by atoms with Gasteiger partial charge in [-0.3, -0.25) is 4.79 Å². The Balaban J connectivity index is 1.38. The van der Waals surface area contributed by atoms with Crippen LogP contribution < -0.4 is 20.1 Å². The molecular formula is C32H28N2O3. The molecule has 5 nitrogen and oxygen atoms in total. The van der Waals surface area contributed by atoms with Gasteiger partial charge in [0.05, 0.1) is 24.5 Å². The summed E-state index contributed by atoms with van der Waals surface area (Å²) >= 11 is 0. The normalized spacial score (nSPS) is 18.6. The molecule has 0 saturated carbocycles. The van der Waals surface area contributed by atoms with E-state index < -0.39 is 0 Å². The summed E-state index contributed by atoms with van der Waals surface area (Å²) in [7, 11) is 1.66. The van der Waals surface area contributed by atoms with Gasteiger partial charge < -0.3 is 20.1 Å². The van der Waals surface area contributed by atoms with Crippen LogP contribution in [0.15, 0.2) is 114 Å². The smallest absolute Gasteiger partial charge is 0.163 e. The molecule has 0 radical (unpaired) electrons. The maximum Gasteiger partial charge on any atom is 0.163 e. The van der Waals surface area contributed by atoms with Gasteiger partial charge in [0.25, 0.3) is 0 Å². The van der Waals surface area contributed by atoms with Crippen LogP contribution in [0.5, 0.6) is 17.2 Å². The van der Waals surface area contributed by atoms with E-state index in [0.717, 1.165) is 57.4 Å². The number of methoxy groups -OCH3 is 1. The lowest BCUT2D eigenvalue weighted by molar-refractivity contribution is -0.116. The number of benzene rings is 4. The average molecular weight is 489 g/mol. The summed E-state index contributed by atoms with van der Waals surface area (Å²) in [5.74, 6) is 2.57. The lowest BCUT2D eigenvalue weighted by atomic mass is 9.78. The Bertz CT molecular complexity index is 1460.